The highest BCUT2D eigenvalue weighted by molar-refractivity contribution is 5.91. The van der Waals surface area contributed by atoms with E-state index in [0.29, 0.717) is 5.69 Å². The number of hydrogen-bond acceptors (Lipinski definition) is 6. The summed E-state index contributed by atoms with van der Waals surface area (Å²) in [4.78, 5) is 25.0. The Morgan fingerprint density at radius 2 is 2.00 bits per heavy atom. The standard InChI is InChI=1S/C19H16FN3O4/c20-16-5-3-13(11-21)9-15(16)12-27-19(24)14-4-6-17(18(10-14)23(25)26)22-7-1-2-8-22/h3-6,9-10H,1-2,7-8,12H2. The number of nitro groups is 1. The van der Waals surface area contributed by atoms with Crippen molar-refractivity contribution in [1.82, 2.24) is 0 Å². The monoisotopic (exact) mass is 369 g/mol. The predicted molar refractivity (Wildman–Crippen MR) is 94.8 cm³/mol. The summed E-state index contributed by atoms with van der Waals surface area (Å²) in [6.45, 7) is 1.10. The van der Waals surface area contributed by atoms with Gasteiger partial charge in [0.15, 0.2) is 0 Å². The molecule has 7 nitrogen and oxygen atoms in total. The molecule has 0 unspecified atom stereocenters. The molecule has 1 fully saturated rings. The van der Waals surface area contributed by atoms with Gasteiger partial charge in [0.1, 0.15) is 18.1 Å². The SMILES string of the molecule is N#Cc1ccc(F)c(COC(=O)c2ccc(N3CCCC3)c([N+](=O)[O-])c2)c1. The van der Waals surface area contributed by atoms with Crippen molar-refractivity contribution >= 4 is 17.3 Å². The van der Waals surface area contributed by atoms with Crippen molar-refractivity contribution in [2.75, 3.05) is 18.0 Å². The van der Waals surface area contributed by atoms with Crippen molar-refractivity contribution < 1.29 is 18.8 Å². The molecule has 2 aromatic carbocycles. The molecule has 0 amide bonds. The third-order valence-corrected chi connectivity index (χ3v) is 4.39. The minimum Gasteiger partial charge on any atom is -0.457 e. The number of carbonyl (C=O) groups is 1. The Labute approximate surface area is 154 Å². The molecule has 2 aromatic rings. The zero-order valence-electron chi connectivity index (χ0n) is 14.4. The van der Waals surface area contributed by atoms with Crippen LogP contribution in [0.5, 0.6) is 0 Å². The normalized spacial score (nSPS) is 13.3. The Morgan fingerprint density at radius 3 is 2.67 bits per heavy atom. The highest BCUT2D eigenvalue weighted by Gasteiger charge is 2.24. The number of rotatable bonds is 5. The summed E-state index contributed by atoms with van der Waals surface area (Å²) in [5.74, 6) is -1.40. The van der Waals surface area contributed by atoms with Gasteiger partial charge in [-0.25, -0.2) is 9.18 Å². The van der Waals surface area contributed by atoms with E-state index in [9.17, 15) is 19.3 Å². The fourth-order valence-corrected chi connectivity index (χ4v) is 3.00. The molecule has 0 aromatic heterocycles. The summed E-state index contributed by atoms with van der Waals surface area (Å²) < 4.78 is 18.8. The van der Waals surface area contributed by atoms with Crippen LogP contribution in [0.2, 0.25) is 0 Å². The van der Waals surface area contributed by atoms with Crippen molar-refractivity contribution in [1.29, 1.82) is 5.26 Å². The second-order valence-electron chi connectivity index (χ2n) is 6.15. The lowest BCUT2D eigenvalue weighted by molar-refractivity contribution is -0.384. The third-order valence-electron chi connectivity index (χ3n) is 4.39. The predicted octanol–water partition coefficient (Wildman–Crippen LogP) is 3.56. The summed E-state index contributed by atoms with van der Waals surface area (Å²) in [6.07, 6.45) is 1.93. The van der Waals surface area contributed by atoms with Gasteiger partial charge in [0.2, 0.25) is 0 Å². The quantitative estimate of drug-likeness (QED) is 0.454. The van der Waals surface area contributed by atoms with Gasteiger partial charge in [-0.05, 0) is 43.2 Å². The fraction of sp³-hybridized carbons (Fsp3) is 0.263. The van der Waals surface area contributed by atoms with Gasteiger partial charge in [0, 0.05) is 24.7 Å². The molecule has 0 aliphatic carbocycles. The summed E-state index contributed by atoms with van der Waals surface area (Å²) in [5.41, 5.74) is 0.631. The number of benzene rings is 2. The van der Waals surface area contributed by atoms with Crippen LogP contribution in [0.1, 0.15) is 34.3 Å². The van der Waals surface area contributed by atoms with Crippen LogP contribution < -0.4 is 4.90 Å². The summed E-state index contributed by atoms with van der Waals surface area (Å²) in [7, 11) is 0. The van der Waals surface area contributed by atoms with Crippen LogP contribution in [0, 0.1) is 27.3 Å². The highest BCUT2D eigenvalue weighted by atomic mass is 19.1. The Morgan fingerprint density at radius 1 is 1.26 bits per heavy atom. The molecule has 0 bridgehead atoms. The van der Waals surface area contributed by atoms with Crippen LogP contribution in [0.25, 0.3) is 0 Å². The number of nitriles is 1. The Kier molecular flexibility index (Phi) is 5.31. The van der Waals surface area contributed by atoms with Crippen LogP contribution >= 0.6 is 0 Å². The number of hydrogen-bond donors (Lipinski definition) is 0. The van der Waals surface area contributed by atoms with E-state index in [0.717, 1.165) is 32.0 Å². The molecular formula is C19H16FN3O4. The molecule has 138 valence electrons. The third kappa shape index (κ3) is 4.03. The van der Waals surface area contributed by atoms with E-state index in [1.807, 2.05) is 11.0 Å². The van der Waals surface area contributed by atoms with E-state index in [-0.39, 0.29) is 29.0 Å². The number of nitrogens with zero attached hydrogens (tertiary/aromatic N) is 3. The van der Waals surface area contributed by atoms with Gasteiger partial charge in [-0.15, -0.1) is 0 Å². The lowest BCUT2D eigenvalue weighted by atomic mass is 10.1. The van der Waals surface area contributed by atoms with Gasteiger partial charge in [-0.1, -0.05) is 0 Å². The minimum absolute atomic E-state index is 0.0153. The molecule has 8 heteroatoms. The van der Waals surface area contributed by atoms with Gasteiger partial charge >= 0.3 is 5.97 Å². The average molecular weight is 369 g/mol. The molecule has 0 atom stereocenters. The molecule has 0 saturated carbocycles. The molecule has 0 radical (unpaired) electrons. The molecule has 0 N–H and O–H groups in total. The number of nitro benzene ring substituents is 1. The second kappa shape index (κ2) is 7.83. The molecule has 1 aliphatic heterocycles. The first kappa shape index (κ1) is 18.3. The maximum Gasteiger partial charge on any atom is 0.338 e. The minimum atomic E-state index is -0.798. The van der Waals surface area contributed by atoms with Gasteiger partial charge < -0.3 is 9.64 Å². The molecule has 27 heavy (non-hydrogen) atoms. The van der Waals surface area contributed by atoms with Crippen LogP contribution in [-0.2, 0) is 11.3 Å². The van der Waals surface area contributed by atoms with Gasteiger partial charge in [0.05, 0.1) is 22.1 Å². The van der Waals surface area contributed by atoms with Crippen molar-refractivity contribution in [2.24, 2.45) is 0 Å². The summed E-state index contributed by atoms with van der Waals surface area (Å²) in [6, 6.07) is 9.80. The Hall–Kier alpha value is -3.47. The van der Waals surface area contributed by atoms with Crippen LogP contribution in [0.15, 0.2) is 36.4 Å². The van der Waals surface area contributed by atoms with E-state index < -0.39 is 16.7 Å². The lowest BCUT2D eigenvalue weighted by Gasteiger charge is -2.17. The van der Waals surface area contributed by atoms with Gasteiger partial charge in [-0.3, -0.25) is 10.1 Å². The Bertz CT molecular complexity index is 933. The molecule has 0 spiro atoms. The largest absolute Gasteiger partial charge is 0.457 e. The summed E-state index contributed by atoms with van der Waals surface area (Å²) in [5, 5.41) is 20.3. The second-order valence-corrected chi connectivity index (χ2v) is 6.15. The zero-order chi connectivity index (χ0) is 19.4. The van der Waals surface area contributed by atoms with E-state index in [1.54, 1.807) is 0 Å². The molecule has 1 heterocycles. The van der Waals surface area contributed by atoms with Gasteiger partial charge in [0.25, 0.3) is 5.69 Å². The molecule has 3 rings (SSSR count). The van der Waals surface area contributed by atoms with Crippen molar-refractivity contribution in [3.05, 3.63) is 69.0 Å². The van der Waals surface area contributed by atoms with E-state index in [2.05, 4.69) is 0 Å². The first-order valence-corrected chi connectivity index (χ1v) is 8.38. The first-order chi connectivity index (χ1) is 13.0. The van der Waals surface area contributed by atoms with Crippen LogP contribution in [-0.4, -0.2) is 24.0 Å². The molecule has 1 aliphatic rings. The first-order valence-electron chi connectivity index (χ1n) is 8.38. The van der Waals surface area contributed by atoms with E-state index >= 15 is 0 Å². The summed E-state index contributed by atoms with van der Waals surface area (Å²) >= 11 is 0. The number of carbonyl (C=O) groups excluding carboxylic acids is 1. The molecule has 1 saturated heterocycles. The maximum atomic E-state index is 13.8. The average Bonchev–Trinajstić information content (AvgIpc) is 3.21. The van der Waals surface area contributed by atoms with Crippen LogP contribution in [0.3, 0.4) is 0 Å². The van der Waals surface area contributed by atoms with Crippen molar-refractivity contribution in [3.63, 3.8) is 0 Å². The smallest absolute Gasteiger partial charge is 0.338 e. The van der Waals surface area contributed by atoms with Gasteiger partial charge in [-0.2, -0.15) is 5.26 Å². The fourth-order valence-electron chi connectivity index (χ4n) is 3.00. The highest BCUT2D eigenvalue weighted by Crippen LogP contribution is 2.32. The number of anilines is 1. The number of esters is 1. The number of ether oxygens (including phenoxy) is 1. The topological polar surface area (TPSA) is 96.5 Å². The lowest BCUT2D eigenvalue weighted by Crippen LogP contribution is -2.19. The van der Waals surface area contributed by atoms with E-state index in [1.165, 1.54) is 30.3 Å². The Balaban J connectivity index is 1.78. The van der Waals surface area contributed by atoms with Crippen molar-refractivity contribution in [2.45, 2.75) is 19.4 Å². The zero-order valence-corrected chi connectivity index (χ0v) is 14.4. The molecular weight excluding hydrogens is 353 g/mol. The maximum absolute atomic E-state index is 13.8. The van der Waals surface area contributed by atoms with Crippen LogP contribution in [0.4, 0.5) is 15.8 Å². The number of halogens is 1. The van der Waals surface area contributed by atoms with E-state index in [4.69, 9.17) is 10.00 Å². The van der Waals surface area contributed by atoms with Crippen molar-refractivity contribution in [3.8, 4) is 6.07 Å².